The van der Waals surface area contributed by atoms with Crippen molar-refractivity contribution in [2.45, 2.75) is 83.2 Å². The molecular weight excluding hydrogens is 222 g/mol. The summed E-state index contributed by atoms with van der Waals surface area (Å²) in [7, 11) is 0. The maximum absolute atomic E-state index is 9.39. The van der Waals surface area contributed by atoms with Gasteiger partial charge in [-0.05, 0) is 31.1 Å². The second-order valence-electron chi connectivity index (χ2n) is 6.41. The van der Waals surface area contributed by atoms with Crippen molar-refractivity contribution in [1.82, 2.24) is 5.32 Å². The van der Waals surface area contributed by atoms with Gasteiger partial charge in [0.1, 0.15) is 0 Å². The fraction of sp³-hybridized carbons (Fsp3) is 1.00. The van der Waals surface area contributed by atoms with Crippen LogP contribution in [0.5, 0.6) is 0 Å². The van der Waals surface area contributed by atoms with Crippen LogP contribution in [-0.2, 0) is 0 Å². The zero-order valence-corrected chi connectivity index (χ0v) is 12.0. The molecule has 0 heterocycles. The first-order valence-corrected chi connectivity index (χ1v) is 8.22. The minimum Gasteiger partial charge on any atom is -0.395 e. The Kier molecular flexibility index (Phi) is 5.97. The van der Waals surface area contributed by atoms with E-state index in [1.165, 1.54) is 57.8 Å². The molecule has 2 fully saturated rings. The third-order valence-electron chi connectivity index (χ3n) is 5.24. The number of rotatable bonds is 5. The molecule has 0 spiro atoms. The average Bonchev–Trinajstić information content (AvgIpc) is 2.46. The molecule has 3 atom stereocenters. The Morgan fingerprint density at radius 1 is 1.00 bits per heavy atom. The Bertz CT molecular complexity index is 221. The zero-order valence-electron chi connectivity index (χ0n) is 12.0. The second-order valence-corrected chi connectivity index (χ2v) is 6.41. The van der Waals surface area contributed by atoms with Gasteiger partial charge in [-0.3, -0.25) is 0 Å². The van der Waals surface area contributed by atoms with Gasteiger partial charge in [-0.1, -0.05) is 51.9 Å². The number of hydrogen-bond acceptors (Lipinski definition) is 2. The largest absolute Gasteiger partial charge is 0.395 e. The van der Waals surface area contributed by atoms with E-state index in [0.29, 0.717) is 18.7 Å². The highest BCUT2D eigenvalue weighted by atomic mass is 16.3. The average molecular weight is 253 g/mol. The van der Waals surface area contributed by atoms with Gasteiger partial charge in [-0.2, -0.15) is 0 Å². The first-order chi connectivity index (χ1) is 8.85. The summed E-state index contributed by atoms with van der Waals surface area (Å²) < 4.78 is 0. The number of aliphatic hydroxyl groups is 1. The van der Waals surface area contributed by atoms with Crippen molar-refractivity contribution < 1.29 is 5.11 Å². The first-order valence-electron chi connectivity index (χ1n) is 8.22. The van der Waals surface area contributed by atoms with E-state index in [2.05, 4.69) is 12.2 Å². The van der Waals surface area contributed by atoms with Crippen molar-refractivity contribution in [3.05, 3.63) is 0 Å². The van der Waals surface area contributed by atoms with Gasteiger partial charge in [0.25, 0.3) is 0 Å². The summed E-state index contributed by atoms with van der Waals surface area (Å²) in [5.41, 5.74) is 0. The van der Waals surface area contributed by atoms with Crippen LogP contribution in [0.2, 0.25) is 0 Å². The molecule has 0 amide bonds. The van der Waals surface area contributed by atoms with Crippen LogP contribution in [0.4, 0.5) is 0 Å². The maximum atomic E-state index is 9.39. The molecule has 0 saturated heterocycles. The van der Waals surface area contributed by atoms with Crippen molar-refractivity contribution in [2.75, 3.05) is 6.61 Å². The molecule has 2 rings (SSSR count). The highest BCUT2D eigenvalue weighted by molar-refractivity contribution is 4.88. The lowest BCUT2D eigenvalue weighted by Crippen LogP contribution is -2.48. The van der Waals surface area contributed by atoms with Gasteiger partial charge in [0.2, 0.25) is 0 Å². The van der Waals surface area contributed by atoms with Crippen molar-refractivity contribution in [2.24, 2.45) is 11.8 Å². The van der Waals surface area contributed by atoms with Crippen LogP contribution in [0.3, 0.4) is 0 Å². The van der Waals surface area contributed by atoms with E-state index in [1.807, 2.05) is 0 Å². The van der Waals surface area contributed by atoms with Crippen LogP contribution < -0.4 is 5.32 Å². The third-order valence-corrected chi connectivity index (χ3v) is 5.24. The lowest BCUT2D eigenvalue weighted by Gasteiger charge is -2.40. The summed E-state index contributed by atoms with van der Waals surface area (Å²) in [5.74, 6) is 1.85. The molecule has 0 bridgehead atoms. The second kappa shape index (κ2) is 7.49. The van der Waals surface area contributed by atoms with Crippen molar-refractivity contribution >= 4 is 0 Å². The van der Waals surface area contributed by atoms with E-state index >= 15 is 0 Å². The molecular formula is C16H31NO. The Morgan fingerprint density at radius 3 is 2.33 bits per heavy atom. The highest BCUT2D eigenvalue weighted by Gasteiger charge is 2.33. The van der Waals surface area contributed by atoms with Gasteiger partial charge < -0.3 is 10.4 Å². The van der Waals surface area contributed by atoms with Crippen LogP contribution in [-0.4, -0.2) is 23.8 Å². The molecule has 18 heavy (non-hydrogen) atoms. The molecule has 2 aliphatic rings. The Hall–Kier alpha value is -0.0800. The molecule has 2 N–H and O–H groups in total. The van der Waals surface area contributed by atoms with Crippen molar-refractivity contribution in [3.63, 3.8) is 0 Å². The van der Waals surface area contributed by atoms with Crippen LogP contribution in [0.15, 0.2) is 0 Å². The highest BCUT2D eigenvalue weighted by Crippen LogP contribution is 2.38. The maximum Gasteiger partial charge on any atom is 0.0584 e. The molecule has 2 unspecified atom stereocenters. The summed E-state index contributed by atoms with van der Waals surface area (Å²) in [6.07, 6.45) is 13.9. The molecule has 2 nitrogen and oxygen atoms in total. The molecule has 106 valence electrons. The quantitative estimate of drug-likeness (QED) is 0.786. The smallest absolute Gasteiger partial charge is 0.0584 e. The van der Waals surface area contributed by atoms with Gasteiger partial charge in [0.05, 0.1) is 6.61 Å². The fourth-order valence-corrected chi connectivity index (χ4v) is 4.10. The Balaban J connectivity index is 1.91. The zero-order chi connectivity index (χ0) is 12.8. The summed E-state index contributed by atoms with van der Waals surface area (Å²) in [4.78, 5) is 0. The SMILES string of the molecule is CC[C@@H](CO)NC1CCCCC1C1CCCCC1. The molecule has 2 saturated carbocycles. The Labute approximate surface area is 113 Å². The molecule has 0 aliphatic heterocycles. The monoisotopic (exact) mass is 253 g/mol. The van der Waals surface area contributed by atoms with Gasteiger partial charge in [-0.25, -0.2) is 0 Å². The van der Waals surface area contributed by atoms with Crippen LogP contribution in [0.1, 0.15) is 71.1 Å². The van der Waals surface area contributed by atoms with E-state index in [4.69, 9.17) is 0 Å². The van der Waals surface area contributed by atoms with Crippen molar-refractivity contribution in [1.29, 1.82) is 0 Å². The normalized spacial score (nSPS) is 32.3. The molecule has 2 aliphatic carbocycles. The van der Waals surface area contributed by atoms with Crippen LogP contribution >= 0.6 is 0 Å². The summed E-state index contributed by atoms with van der Waals surface area (Å²) in [6, 6.07) is 0.998. The molecule has 0 aromatic rings. The van der Waals surface area contributed by atoms with E-state index in [9.17, 15) is 5.11 Å². The fourth-order valence-electron chi connectivity index (χ4n) is 4.10. The van der Waals surface area contributed by atoms with E-state index in [0.717, 1.165) is 18.3 Å². The predicted octanol–water partition coefficient (Wildman–Crippen LogP) is 3.49. The molecule has 0 radical (unpaired) electrons. The number of aliphatic hydroxyl groups excluding tert-OH is 1. The summed E-state index contributed by atoms with van der Waals surface area (Å²) in [5, 5.41) is 13.1. The standard InChI is InChI=1S/C16H31NO/c1-2-14(12-18)17-16-11-7-6-10-15(16)13-8-4-3-5-9-13/h13-18H,2-12H2,1H3/t14-,15?,16?/m0/s1. The van der Waals surface area contributed by atoms with Gasteiger partial charge in [0, 0.05) is 12.1 Å². The minimum absolute atomic E-state index is 0.296. The van der Waals surface area contributed by atoms with E-state index < -0.39 is 0 Å². The van der Waals surface area contributed by atoms with Gasteiger partial charge in [-0.15, -0.1) is 0 Å². The topological polar surface area (TPSA) is 32.3 Å². The lowest BCUT2D eigenvalue weighted by molar-refractivity contribution is 0.127. The van der Waals surface area contributed by atoms with Gasteiger partial charge >= 0.3 is 0 Å². The van der Waals surface area contributed by atoms with Crippen molar-refractivity contribution in [3.8, 4) is 0 Å². The minimum atomic E-state index is 0.296. The summed E-state index contributed by atoms with van der Waals surface area (Å²) in [6.45, 7) is 2.47. The predicted molar refractivity (Wildman–Crippen MR) is 76.6 cm³/mol. The molecule has 2 heteroatoms. The van der Waals surface area contributed by atoms with Crippen LogP contribution in [0, 0.1) is 11.8 Å². The number of hydrogen-bond donors (Lipinski definition) is 2. The third kappa shape index (κ3) is 3.71. The summed E-state index contributed by atoms with van der Waals surface area (Å²) >= 11 is 0. The first kappa shape index (κ1) is 14.3. The van der Waals surface area contributed by atoms with Gasteiger partial charge in [0.15, 0.2) is 0 Å². The lowest BCUT2D eigenvalue weighted by atomic mass is 9.71. The molecule has 0 aromatic carbocycles. The van der Waals surface area contributed by atoms with Crippen LogP contribution in [0.25, 0.3) is 0 Å². The van der Waals surface area contributed by atoms with E-state index in [-0.39, 0.29) is 0 Å². The van der Waals surface area contributed by atoms with E-state index in [1.54, 1.807) is 0 Å². The molecule has 0 aromatic heterocycles. The number of nitrogens with one attached hydrogen (secondary N) is 1. The Morgan fingerprint density at radius 2 is 1.67 bits per heavy atom.